The maximum atomic E-state index is 4.96. The van der Waals surface area contributed by atoms with Crippen molar-refractivity contribution in [3.8, 4) is 0 Å². The van der Waals surface area contributed by atoms with E-state index in [4.69, 9.17) is 17.2 Å². The van der Waals surface area contributed by atoms with Gasteiger partial charge in [0.25, 0.3) is 0 Å². The molecule has 0 amide bonds. The van der Waals surface area contributed by atoms with Crippen LogP contribution in [0.25, 0.3) is 6.08 Å². The second kappa shape index (κ2) is 7.68. The zero-order chi connectivity index (χ0) is 12.0. The Kier molecular flexibility index (Phi) is 6.95. The fourth-order valence-corrected chi connectivity index (χ4v) is 1.98. The van der Waals surface area contributed by atoms with Crippen LogP contribution < -0.4 is 0 Å². The van der Waals surface area contributed by atoms with Gasteiger partial charge in [-0.05, 0) is 35.1 Å². The quantitative estimate of drug-likeness (QED) is 0.605. The summed E-state index contributed by atoms with van der Waals surface area (Å²) in [6.45, 7) is 4.43. The fraction of sp³-hybridized carbons (Fsp3) is 0.308. The standard InChI is InChI=1S/C13H15.2ClH.Hf/c1-3-10-8-9-11(4-2)13-7-5-6-12(10)13;;;/h5-9H,3-4H2,1-2H3;2*1H;/q;;;+2/p-2. The minimum atomic E-state index is -0.972. The fourth-order valence-electron chi connectivity index (χ4n) is 1.98. The number of hydrogen-bond donors (Lipinski definition) is 0. The molecule has 0 unspecified atom stereocenters. The normalized spacial score (nSPS) is 11.8. The molecule has 0 fully saturated rings. The Morgan fingerprint density at radius 3 is 2.00 bits per heavy atom. The second-order valence-corrected chi connectivity index (χ2v) is 8.71. The predicted octanol–water partition coefficient (Wildman–Crippen LogP) is 4.77. The first kappa shape index (κ1) is 14.5. The van der Waals surface area contributed by atoms with Gasteiger partial charge in [0.2, 0.25) is 0 Å². The van der Waals surface area contributed by atoms with Crippen LogP contribution in [-0.4, -0.2) is 0 Å². The van der Waals surface area contributed by atoms with Crippen LogP contribution in [0.1, 0.15) is 36.1 Å². The number of allylic oxidation sites excluding steroid dienone is 1. The van der Waals surface area contributed by atoms with Gasteiger partial charge in [-0.15, -0.1) is 0 Å². The molecule has 0 saturated heterocycles. The molecule has 1 aliphatic carbocycles. The topological polar surface area (TPSA) is 0 Å². The molecule has 16 heavy (non-hydrogen) atoms. The van der Waals surface area contributed by atoms with E-state index in [1.807, 2.05) is 0 Å². The molecule has 0 heterocycles. The van der Waals surface area contributed by atoms with Crippen LogP contribution in [0.5, 0.6) is 0 Å². The zero-order valence-electron chi connectivity index (χ0n) is 9.56. The summed E-state index contributed by atoms with van der Waals surface area (Å²) in [6, 6.07) is 4.53. The molecule has 1 aromatic rings. The maximum absolute atomic E-state index is 4.96. The van der Waals surface area contributed by atoms with Gasteiger partial charge in [-0.3, -0.25) is 0 Å². The first-order valence-electron chi connectivity index (χ1n) is 5.40. The van der Waals surface area contributed by atoms with Crippen LogP contribution >= 0.6 is 17.2 Å². The van der Waals surface area contributed by atoms with Crippen molar-refractivity contribution in [1.82, 2.24) is 0 Å². The minimum absolute atomic E-state index is 0.972. The molecular formula is C13H15Cl2Hf. The summed E-state index contributed by atoms with van der Waals surface area (Å²) in [7, 11) is 9.92. The first-order chi connectivity index (χ1) is 7.78. The van der Waals surface area contributed by atoms with Crippen LogP contribution in [-0.2, 0) is 33.4 Å². The van der Waals surface area contributed by atoms with Crippen LogP contribution in [0.2, 0.25) is 0 Å². The third-order valence-electron chi connectivity index (χ3n) is 2.76. The van der Waals surface area contributed by atoms with Crippen molar-refractivity contribution < 1.29 is 20.5 Å². The van der Waals surface area contributed by atoms with E-state index >= 15 is 0 Å². The number of benzene rings is 1. The number of halogens is 2. The van der Waals surface area contributed by atoms with Crippen molar-refractivity contribution in [2.75, 3.05) is 0 Å². The number of rotatable bonds is 2. The number of aryl methyl sites for hydroxylation is 2. The Hall–Kier alpha value is 0.410. The molecule has 0 bridgehead atoms. The molecule has 0 N–H and O–H groups in total. The van der Waals surface area contributed by atoms with Crippen molar-refractivity contribution in [2.45, 2.75) is 26.7 Å². The van der Waals surface area contributed by atoms with E-state index in [9.17, 15) is 0 Å². The molecule has 0 saturated carbocycles. The van der Waals surface area contributed by atoms with Crippen molar-refractivity contribution in [3.63, 3.8) is 0 Å². The molecule has 1 aliphatic rings. The molecule has 3 heteroatoms. The van der Waals surface area contributed by atoms with E-state index in [0.717, 1.165) is 12.8 Å². The summed E-state index contributed by atoms with van der Waals surface area (Å²) in [5.41, 5.74) is 5.83. The molecule has 0 aliphatic heterocycles. The predicted molar refractivity (Wildman–Crippen MR) is 69.3 cm³/mol. The van der Waals surface area contributed by atoms with Gasteiger partial charge in [-0.2, -0.15) is 0 Å². The van der Waals surface area contributed by atoms with Crippen molar-refractivity contribution in [1.29, 1.82) is 0 Å². The van der Waals surface area contributed by atoms with E-state index in [1.165, 1.54) is 22.3 Å². The summed E-state index contributed by atoms with van der Waals surface area (Å²) in [5, 5.41) is 0. The monoisotopic (exact) mass is 421 g/mol. The summed E-state index contributed by atoms with van der Waals surface area (Å²) in [4.78, 5) is 0. The van der Waals surface area contributed by atoms with Gasteiger partial charge in [-0.25, -0.2) is 0 Å². The van der Waals surface area contributed by atoms with Crippen molar-refractivity contribution in [2.24, 2.45) is 0 Å². The third kappa shape index (κ3) is 3.45. The third-order valence-corrected chi connectivity index (χ3v) is 2.76. The Labute approximate surface area is 117 Å². The van der Waals surface area contributed by atoms with E-state index in [-0.39, 0.29) is 0 Å². The van der Waals surface area contributed by atoms with Gasteiger partial charge >= 0.3 is 37.7 Å². The van der Waals surface area contributed by atoms with Crippen molar-refractivity contribution >= 4 is 23.2 Å². The first-order valence-corrected chi connectivity index (χ1v) is 14.3. The molecule has 2 rings (SSSR count). The summed E-state index contributed by atoms with van der Waals surface area (Å²) < 4.78 is 0. The summed E-state index contributed by atoms with van der Waals surface area (Å²) in [6.07, 6.45) is 8.87. The Bertz CT molecular complexity index is 372. The molecule has 0 aromatic heterocycles. The Balaban J connectivity index is 0.000000386. The van der Waals surface area contributed by atoms with Gasteiger partial charge in [0.1, 0.15) is 0 Å². The summed E-state index contributed by atoms with van der Waals surface area (Å²) >= 11 is -0.972. The number of hydrogen-bond acceptors (Lipinski definition) is 0. The second-order valence-electron chi connectivity index (χ2n) is 3.52. The zero-order valence-corrected chi connectivity index (χ0v) is 14.7. The average Bonchev–Trinajstić information content (AvgIpc) is 2.77. The Morgan fingerprint density at radius 2 is 1.50 bits per heavy atom. The van der Waals surface area contributed by atoms with Crippen LogP contribution in [0, 0.1) is 6.42 Å². The Morgan fingerprint density at radius 1 is 1.00 bits per heavy atom. The SMILES string of the molecule is CCc1ccc(CC)c2c1[CH]C=C2.[Cl][Hf][Cl]. The van der Waals surface area contributed by atoms with Gasteiger partial charge < -0.3 is 0 Å². The van der Waals surface area contributed by atoms with E-state index in [0.29, 0.717) is 0 Å². The summed E-state index contributed by atoms with van der Waals surface area (Å²) in [5.74, 6) is 0. The molecule has 0 spiro atoms. The molecule has 1 aromatic carbocycles. The van der Waals surface area contributed by atoms with E-state index < -0.39 is 20.5 Å². The van der Waals surface area contributed by atoms with E-state index in [1.54, 1.807) is 0 Å². The van der Waals surface area contributed by atoms with Crippen LogP contribution in [0.4, 0.5) is 0 Å². The molecule has 85 valence electrons. The average molecular weight is 421 g/mol. The molecule has 1 radical (unpaired) electrons. The van der Waals surface area contributed by atoms with Gasteiger partial charge in [0.15, 0.2) is 0 Å². The van der Waals surface area contributed by atoms with Crippen LogP contribution in [0.15, 0.2) is 18.2 Å². The van der Waals surface area contributed by atoms with Gasteiger partial charge in [0.05, 0.1) is 0 Å². The molecule has 0 nitrogen and oxygen atoms in total. The number of fused-ring (bicyclic) bond motifs is 1. The van der Waals surface area contributed by atoms with Gasteiger partial charge in [0, 0.05) is 6.42 Å². The molecule has 0 atom stereocenters. The van der Waals surface area contributed by atoms with E-state index in [2.05, 4.69) is 44.6 Å². The van der Waals surface area contributed by atoms with Crippen molar-refractivity contribution in [3.05, 3.63) is 46.9 Å². The van der Waals surface area contributed by atoms with Crippen LogP contribution in [0.3, 0.4) is 0 Å². The molecular weight excluding hydrogens is 406 g/mol. The van der Waals surface area contributed by atoms with Gasteiger partial charge in [-0.1, -0.05) is 38.1 Å².